The van der Waals surface area contributed by atoms with Crippen LogP contribution < -0.4 is 10.6 Å². The summed E-state index contributed by atoms with van der Waals surface area (Å²) in [6.45, 7) is 3.96. The average Bonchev–Trinajstić information content (AvgIpc) is 3.23. The largest absolute Gasteiger partial charge is 0.355 e. The monoisotopic (exact) mass is 445 g/mol. The molecule has 0 saturated carbocycles. The van der Waals surface area contributed by atoms with E-state index in [2.05, 4.69) is 34.9 Å². The predicted molar refractivity (Wildman–Crippen MR) is 130 cm³/mol. The van der Waals surface area contributed by atoms with E-state index in [0.717, 1.165) is 69.4 Å². The summed E-state index contributed by atoms with van der Waals surface area (Å²) in [6, 6.07) is 16.8. The van der Waals surface area contributed by atoms with Crippen LogP contribution in [0.25, 0.3) is 0 Å². The minimum absolute atomic E-state index is 0.0667. The first-order chi connectivity index (χ1) is 16.2. The molecule has 1 atom stereocenters. The molecule has 0 aromatic heterocycles. The van der Waals surface area contributed by atoms with Gasteiger partial charge < -0.3 is 15.5 Å². The Kier molecular flexibility index (Phi) is 6.50. The van der Waals surface area contributed by atoms with Gasteiger partial charge in [0.2, 0.25) is 5.91 Å². The standard InChI is InChI=1S/C28H35N3O2/c32-26(23-8-5-16-29-20-23)30-17-12-21-6-1-3-9-24(21)27(33)31-18-14-28(15-19-31)13-11-22-7-2-4-10-25(22)28/h1-4,6-7,9-10,23,29H,5,8,11-20H2,(H,30,32). The quantitative estimate of drug-likeness (QED) is 0.741. The number of carbonyl (C=O) groups is 2. The zero-order chi connectivity index (χ0) is 22.7. The molecule has 5 heteroatoms. The van der Waals surface area contributed by atoms with Crippen LogP contribution in [0.4, 0.5) is 0 Å². The second kappa shape index (κ2) is 9.68. The highest BCUT2D eigenvalue weighted by atomic mass is 16.2. The highest BCUT2D eigenvalue weighted by molar-refractivity contribution is 5.95. The summed E-state index contributed by atoms with van der Waals surface area (Å²) < 4.78 is 0. The van der Waals surface area contributed by atoms with Crippen molar-refractivity contribution in [3.8, 4) is 0 Å². The van der Waals surface area contributed by atoms with Gasteiger partial charge >= 0.3 is 0 Å². The number of amides is 2. The molecule has 1 spiro atoms. The molecule has 0 bridgehead atoms. The van der Waals surface area contributed by atoms with Gasteiger partial charge in [0.15, 0.2) is 0 Å². The Balaban J connectivity index is 1.19. The molecule has 33 heavy (non-hydrogen) atoms. The van der Waals surface area contributed by atoms with E-state index < -0.39 is 0 Å². The van der Waals surface area contributed by atoms with Crippen LogP contribution in [0, 0.1) is 5.92 Å². The van der Waals surface area contributed by atoms with Crippen LogP contribution in [0.1, 0.15) is 59.2 Å². The third kappa shape index (κ3) is 4.56. The number of nitrogens with zero attached hydrogens (tertiary/aromatic N) is 1. The molecule has 2 aromatic carbocycles. The number of nitrogens with one attached hydrogen (secondary N) is 2. The smallest absolute Gasteiger partial charge is 0.254 e. The van der Waals surface area contributed by atoms with Crippen molar-refractivity contribution in [2.75, 3.05) is 32.7 Å². The van der Waals surface area contributed by atoms with E-state index in [-0.39, 0.29) is 23.1 Å². The number of rotatable bonds is 5. The van der Waals surface area contributed by atoms with Crippen molar-refractivity contribution in [2.24, 2.45) is 5.92 Å². The molecular formula is C28H35N3O2. The number of piperidine rings is 2. The predicted octanol–water partition coefficient (Wildman–Crippen LogP) is 3.47. The minimum Gasteiger partial charge on any atom is -0.355 e. The van der Waals surface area contributed by atoms with E-state index in [1.54, 1.807) is 0 Å². The maximum Gasteiger partial charge on any atom is 0.254 e. The first kappa shape index (κ1) is 22.1. The van der Waals surface area contributed by atoms with Gasteiger partial charge in [-0.25, -0.2) is 0 Å². The van der Waals surface area contributed by atoms with Gasteiger partial charge in [-0.2, -0.15) is 0 Å². The average molecular weight is 446 g/mol. The van der Waals surface area contributed by atoms with Crippen molar-refractivity contribution in [3.05, 3.63) is 70.8 Å². The summed E-state index contributed by atoms with van der Waals surface area (Å²) >= 11 is 0. The van der Waals surface area contributed by atoms with Gasteiger partial charge in [0.1, 0.15) is 0 Å². The maximum absolute atomic E-state index is 13.4. The molecule has 174 valence electrons. The number of aryl methyl sites for hydroxylation is 1. The fourth-order valence-corrected chi connectivity index (χ4v) is 6.08. The molecule has 2 aromatic rings. The van der Waals surface area contributed by atoms with E-state index >= 15 is 0 Å². The van der Waals surface area contributed by atoms with Crippen molar-refractivity contribution < 1.29 is 9.59 Å². The summed E-state index contributed by atoms with van der Waals surface area (Å²) in [5.74, 6) is 0.329. The molecule has 1 aliphatic carbocycles. The van der Waals surface area contributed by atoms with Crippen LogP contribution in [0.5, 0.6) is 0 Å². The third-order valence-corrected chi connectivity index (χ3v) is 8.08. The van der Waals surface area contributed by atoms with E-state index in [1.807, 2.05) is 29.2 Å². The molecule has 2 amide bonds. The van der Waals surface area contributed by atoms with E-state index in [1.165, 1.54) is 17.5 Å². The topological polar surface area (TPSA) is 61.4 Å². The molecular weight excluding hydrogens is 410 g/mol. The van der Waals surface area contributed by atoms with Gasteiger partial charge in [-0.1, -0.05) is 42.5 Å². The Morgan fingerprint density at radius 1 is 1.03 bits per heavy atom. The van der Waals surface area contributed by atoms with Crippen molar-refractivity contribution in [1.82, 2.24) is 15.5 Å². The van der Waals surface area contributed by atoms with Crippen LogP contribution in [0.15, 0.2) is 48.5 Å². The molecule has 5 nitrogen and oxygen atoms in total. The van der Waals surface area contributed by atoms with Gasteiger partial charge in [0.25, 0.3) is 5.91 Å². The lowest BCUT2D eigenvalue weighted by molar-refractivity contribution is -0.125. The Bertz CT molecular complexity index is 1000. The summed E-state index contributed by atoms with van der Waals surface area (Å²) in [7, 11) is 0. The van der Waals surface area contributed by atoms with Crippen molar-refractivity contribution in [3.63, 3.8) is 0 Å². The van der Waals surface area contributed by atoms with Crippen LogP contribution in [0.2, 0.25) is 0 Å². The number of hydrogen-bond donors (Lipinski definition) is 2. The van der Waals surface area contributed by atoms with Crippen LogP contribution in [-0.4, -0.2) is 49.4 Å². The molecule has 2 saturated heterocycles. The van der Waals surface area contributed by atoms with Gasteiger partial charge in [0.05, 0.1) is 5.92 Å². The van der Waals surface area contributed by atoms with Gasteiger partial charge in [-0.05, 0) is 79.7 Å². The molecule has 5 rings (SSSR count). The second-order valence-electron chi connectivity index (χ2n) is 9.97. The third-order valence-electron chi connectivity index (χ3n) is 8.08. The summed E-state index contributed by atoms with van der Waals surface area (Å²) in [5, 5.41) is 6.38. The van der Waals surface area contributed by atoms with Gasteiger partial charge in [-0.15, -0.1) is 0 Å². The van der Waals surface area contributed by atoms with Gasteiger partial charge in [0, 0.05) is 31.7 Å². The highest BCUT2D eigenvalue weighted by Gasteiger charge is 2.41. The maximum atomic E-state index is 13.4. The molecule has 1 unspecified atom stereocenters. The fraction of sp³-hybridized carbons (Fsp3) is 0.500. The van der Waals surface area contributed by atoms with Crippen molar-refractivity contribution >= 4 is 11.8 Å². The van der Waals surface area contributed by atoms with Gasteiger partial charge in [-0.3, -0.25) is 9.59 Å². The Labute approximate surface area is 196 Å². The summed E-state index contributed by atoms with van der Waals surface area (Å²) in [5.41, 5.74) is 5.07. The zero-order valence-corrected chi connectivity index (χ0v) is 19.4. The number of benzene rings is 2. The second-order valence-corrected chi connectivity index (χ2v) is 9.97. The first-order valence-corrected chi connectivity index (χ1v) is 12.6. The Morgan fingerprint density at radius 3 is 2.64 bits per heavy atom. The highest BCUT2D eigenvalue weighted by Crippen LogP contribution is 2.46. The molecule has 0 radical (unpaired) electrons. The first-order valence-electron chi connectivity index (χ1n) is 12.6. The number of fused-ring (bicyclic) bond motifs is 2. The summed E-state index contributed by atoms with van der Waals surface area (Å²) in [4.78, 5) is 27.9. The van der Waals surface area contributed by atoms with Crippen LogP contribution >= 0.6 is 0 Å². The minimum atomic E-state index is 0.0667. The Morgan fingerprint density at radius 2 is 1.82 bits per heavy atom. The van der Waals surface area contributed by atoms with Crippen LogP contribution in [-0.2, 0) is 23.1 Å². The zero-order valence-electron chi connectivity index (χ0n) is 19.4. The van der Waals surface area contributed by atoms with Crippen molar-refractivity contribution in [1.29, 1.82) is 0 Å². The molecule has 2 heterocycles. The summed E-state index contributed by atoms with van der Waals surface area (Å²) in [6.07, 6.45) is 7.15. The normalized spacial score (nSPS) is 21.6. The van der Waals surface area contributed by atoms with E-state index in [4.69, 9.17) is 0 Å². The number of likely N-dealkylation sites (tertiary alicyclic amines) is 1. The van der Waals surface area contributed by atoms with E-state index in [0.29, 0.717) is 13.0 Å². The van der Waals surface area contributed by atoms with Crippen molar-refractivity contribution in [2.45, 2.75) is 50.4 Å². The Hall–Kier alpha value is -2.66. The SMILES string of the molecule is O=C(NCCc1ccccc1C(=O)N1CCC2(CCc3ccccc32)CC1)C1CCCNC1. The lowest BCUT2D eigenvalue weighted by Crippen LogP contribution is -2.44. The van der Waals surface area contributed by atoms with Crippen LogP contribution in [0.3, 0.4) is 0 Å². The number of carbonyl (C=O) groups excluding carboxylic acids is 2. The molecule has 3 aliphatic rings. The number of hydrogen-bond acceptors (Lipinski definition) is 3. The fourth-order valence-electron chi connectivity index (χ4n) is 6.08. The lowest BCUT2D eigenvalue weighted by atomic mass is 9.74. The van der Waals surface area contributed by atoms with E-state index in [9.17, 15) is 9.59 Å². The molecule has 2 fully saturated rings. The molecule has 2 aliphatic heterocycles. The molecule has 2 N–H and O–H groups in total. The lowest BCUT2D eigenvalue weighted by Gasteiger charge is -2.40.